The minimum Gasteiger partial charge on any atom is -0.376 e. The Morgan fingerprint density at radius 2 is 2.23 bits per heavy atom. The molecule has 1 unspecified atom stereocenters. The van der Waals surface area contributed by atoms with E-state index in [1.54, 1.807) is 0 Å². The lowest BCUT2D eigenvalue weighted by atomic mass is 10.2. The molecule has 7 heteroatoms. The monoisotopic (exact) mass is 231 g/mol. The Labute approximate surface area is 84.0 Å². The summed E-state index contributed by atoms with van der Waals surface area (Å²) in [5, 5.41) is 3.07. The summed E-state index contributed by atoms with van der Waals surface area (Å²) in [5.41, 5.74) is 0. The molecule has 0 bridgehead atoms. The highest BCUT2D eigenvalue weighted by atomic mass is 35.5. The summed E-state index contributed by atoms with van der Waals surface area (Å²) < 4.78 is 34.4. The van der Waals surface area contributed by atoms with Crippen LogP contribution in [0, 0.1) is 0 Å². The lowest BCUT2D eigenvalue weighted by Gasteiger charge is -2.22. The van der Waals surface area contributed by atoms with Crippen LogP contribution in [0.5, 0.6) is 0 Å². The summed E-state index contributed by atoms with van der Waals surface area (Å²) >= 11 is 0. The van der Waals surface area contributed by atoms with Crippen molar-refractivity contribution in [2.75, 3.05) is 25.4 Å². The predicted octanol–water partition coefficient (Wildman–Crippen LogP) is -0.326. The topological polar surface area (TPSA) is 75.6 Å². The van der Waals surface area contributed by atoms with Gasteiger partial charge in [0.05, 0.1) is 18.5 Å². The molecule has 0 aromatic carbocycles. The van der Waals surface area contributed by atoms with Crippen LogP contribution in [0.4, 0.5) is 0 Å². The second-order valence-corrected chi connectivity index (χ2v) is 4.34. The molecule has 1 atom stereocenters. The number of ether oxygens (including phenoxy) is 1. The first-order chi connectivity index (χ1) is 5.58. The van der Waals surface area contributed by atoms with Crippen molar-refractivity contribution in [2.24, 2.45) is 0 Å². The summed E-state index contributed by atoms with van der Waals surface area (Å²) in [5.74, 6) is -0.223. The summed E-state index contributed by atoms with van der Waals surface area (Å²) in [7, 11) is -3.83. The van der Waals surface area contributed by atoms with Gasteiger partial charge in [-0.1, -0.05) is 0 Å². The minimum absolute atomic E-state index is 0. The van der Waals surface area contributed by atoms with Crippen LogP contribution >= 0.6 is 12.4 Å². The average molecular weight is 232 g/mol. The van der Waals surface area contributed by atoms with E-state index in [9.17, 15) is 8.42 Å². The fourth-order valence-electron chi connectivity index (χ4n) is 1.09. The van der Waals surface area contributed by atoms with Gasteiger partial charge in [0.2, 0.25) is 0 Å². The van der Waals surface area contributed by atoms with Gasteiger partial charge in [-0.3, -0.25) is 4.55 Å². The van der Waals surface area contributed by atoms with Crippen molar-refractivity contribution in [1.29, 1.82) is 0 Å². The summed E-state index contributed by atoms with van der Waals surface area (Å²) in [4.78, 5) is 0. The van der Waals surface area contributed by atoms with Gasteiger partial charge in [-0.25, -0.2) is 0 Å². The number of nitrogens with one attached hydrogen (secondary N) is 1. The van der Waals surface area contributed by atoms with E-state index in [-0.39, 0.29) is 24.3 Å². The second kappa shape index (κ2) is 5.77. The first-order valence-corrected chi connectivity index (χ1v) is 5.46. The van der Waals surface area contributed by atoms with Crippen molar-refractivity contribution in [1.82, 2.24) is 5.32 Å². The summed E-state index contributed by atoms with van der Waals surface area (Å²) in [6, 6.07) is 0. The number of morpholine rings is 1. The smallest absolute Gasteiger partial charge is 0.264 e. The highest BCUT2D eigenvalue weighted by molar-refractivity contribution is 7.85. The van der Waals surface area contributed by atoms with Crippen LogP contribution in [0.25, 0.3) is 0 Å². The Balaban J connectivity index is 0.00000144. The van der Waals surface area contributed by atoms with Crippen LogP contribution in [-0.4, -0.2) is 44.5 Å². The van der Waals surface area contributed by atoms with E-state index < -0.39 is 10.1 Å². The molecule has 1 aliphatic heterocycles. The third kappa shape index (κ3) is 6.23. The molecular formula is C6H14ClNO4S. The number of hydrogen-bond donors (Lipinski definition) is 2. The van der Waals surface area contributed by atoms with Gasteiger partial charge in [0.1, 0.15) is 0 Å². The molecule has 0 spiro atoms. The minimum atomic E-state index is -3.83. The van der Waals surface area contributed by atoms with Crippen LogP contribution in [0.2, 0.25) is 0 Å². The van der Waals surface area contributed by atoms with Crippen LogP contribution in [0.1, 0.15) is 6.42 Å². The molecule has 80 valence electrons. The maximum absolute atomic E-state index is 10.4. The Bertz CT molecular complexity index is 225. The van der Waals surface area contributed by atoms with Crippen molar-refractivity contribution < 1.29 is 17.7 Å². The van der Waals surface area contributed by atoms with E-state index in [1.807, 2.05) is 0 Å². The largest absolute Gasteiger partial charge is 0.376 e. The van der Waals surface area contributed by atoms with E-state index >= 15 is 0 Å². The van der Waals surface area contributed by atoms with Crippen molar-refractivity contribution >= 4 is 22.5 Å². The first kappa shape index (κ1) is 13.1. The molecule has 13 heavy (non-hydrogen) atoms. The van der Waals surface area contributed by atoms with Crippen molar-refractivity contribution in [2.45, 2.75) is 12.5 Å². The van der Waals surface area contributed by atoms with Crippen LogP contribution in [0.15, 0.2) is 0 Å². The van der Waals surface area contributed by atoms with Gasteiger partial charge in [0.25, 0.3) is 10.1 Å². The number of rotatable bonds is 3. The third-order valence-corrected chi connectivity index (χ3v) is 2.45. The van der Waals surface area contributed by atoms with E-state index in [4.69, 9.17) is 9.29 Å². The Morgan fingerprint density at radius 1 is 1.54 bits per heavy atom. The quantitative estimate of drug-likeness (QED) is 0.651. The summed E-state index contributed by atoms with van der Waals surface area (Å²) in [6.07, 6.45) is 0.270. The first-order valence-electron chi connectivity index (χ1n) is 3.85. The highest BCUT2D eigenvalue weighted by Gasteiger charge is 2.16. The summed E-state index contributed by atoms with van der Waals surface area (Å²) in [6.45, 7) is 2.08. The lowest BCUT2D eigenvalue weighted by molar-refractivity contribution is 0.0269. The molecule has 0 aromatic heterocycles. The molecular weight excluding hydrogens is 218 g/mol. The van der Waals surface area contributed by atoms with Crippen molar-refractivity contribution in [3.05, 3.63) is 0 Å². The zero-order valence-electron chi connectivity index (χ0n) is 7.10. The van der Waals surface area contributed by atoms with Crippen molar-refractivity contribution in [3.63, 3.8) is 0 Å². The second-order valence-electron chi connectivity index (χ2n) is 2.77. The normalized spacial score (nSPS) is 23.6. The molecule has 0 aliphatic carbocycles. The molecule has 2 N–H and O–H groups in total. The molecule has 0 radical (unpaired) electrons. The van der Waals surface area contributed by atoms with E-state index in [0.29, 0.717) is 19.6 Å². The number of halogens is 1. The maximum atomic E-state index is 10.4. The zero-order valence-corrected chi connectivity index (χ0v) is 8.73. The Hall–Kier alpha value is 0.120. The lowest BCUT2D eigenvalue weighted by Crippen LogP contribution is -2.39. The van der Waals surface area contributed by atoms with Gasteiger partial charge in [-0.05, 0) is 6.42 Å². The molecule has 1 aliphatic rings. The Kier molecular flexibility index (Phi) is 5.82. The van der Waals surface area contributed by atoms with Gasteiger partial charge in [-0.15, -0.1) is 12.4 Å². The average Bonchev–Trinajstić information content (AvgIpc) is 2.02. The van der Waals surface area contributed by atoms with Gasteiger partial charge in [0.15, 0.2) is 0 Å². The standard InChI is InChI=1S/C6H13NO4S.ClH/c8-12(9,10)4-1-6-5-7-2-3-11-6;/h6-7H,1-5H2,(H,8,9,10);1H. The van der Waals surface area contributed by atoms with Gasteiger partial charge in [-0.2, -0.15) is 8.42 Å². The van der Waals surface area contributed by atoms with Gasteiger partial charge < -0.3 is 10.1 Å². The fraction of sp³-hybridized carbons (Fsp3) is 1.00. The SMILES string of the molecule is Cl.O=S(=O)(O)CCC1CNCCO1. The van der Waals surface area contributed by atoms with Gasteiger partial charge >= 0.3 is 0 Å². The van der Waals surface area contributed by atoms with Crippen LogP contribution in [-0.2, 0) is 14.9 Å². The molecule has 0 saturated carbocycles. The molecule has 1 rings (SSSR count). The van der Waals surface area contributed by atoms with E-state index in [0.717, 1.165) is 6.54 Å². The highest BCUT2D eigenvalue weighted by Crippen LogP contribution is 2.02. The third-order valence-electron chi connectivity index (χ3n) is 1.70. The van der Waals surface area contributed by atoms with Crippen molar-refractivity contribution in [3.8, 4) is 0 Å². The maximum Gasteiger partial charge on any atom is 0.264 e. The van der Waals surface area contributed by atoms with E-state index in [1.165, 1.54) is 0 Å². The zero-order chi connectivity index (χ0) is 9.03. The molecule has 1 saturated heterocycles. The van der Waals surface area contributed by atoms with Crippen LogP contribution < -0.4 is 5.32 Å². The molecule has 0 amide bonds. The van der Waals surface area contributed by atoms with Gasteiger partial charge in [0, 0.05) is 13.1 Å². The predicted molar refractivity (Wildman–Crippen MR) is 50.9 cm³/mol. The Morgan fingerprint density at radius 3 is 2.69 bits per heavy atom. The van der Waals surface area contributed by atoms with Crippen LogP contribution in [0.3, 0.4) is 0 Å². The number of hydrogen-bond acceptors (Lipinski definition) is 4. The molecule has 1 fully saturated rings. The molecule has 1 heterocycles. The molecule has 5 nitrogen and oxygen atoms in total. The molecule has 0 aromatic rings. The fourth-order valence-corrected chi connectivity index (χ4v) is 1.65. The van der Waals surface area contributed by atoms with E-state index in [2.05, 4.69) is 5.32 Å².